The van der Waals surface area contributed by atoms with Crippen molar-refractivity contribution in [3.8, 4) is 0 Å². The van der Waals surface area contributed by atoms with Crippen LogP contribution in [0.25, 0.3) is 6.08 Å². The second kappa shape index (κ2) is 7.27. The molecule has 0 saturated heterocycles. The van der Waals surface area contributed by atoms with Gasteiger partial charge in [0.25, 0.3) is 5.91 Å². The summed E-state index contributed by atoms with van der Waals surface area (Å²) in [7, 11) is 0. The summed E-state index contributed by atoms with van der Waals surface area (Å²) in [6.07, 6.45) is 6.41. The fourth-order valence-corrected chi connectivity index (χ4v) is 1.62. The molecule has 4 heteroatoms. The van der Waals surface area contributed by atoms with E-state index in [2.05, 4.69) is 18.0 Å². The average Bonchev–Trinajstić information content (AvgIpc) is 2.34. The van der Waals surface area contributed by atoms with Crippen molar-refractivity contribution in [3.05, 3.63) is 41.5 Å². The minimum absolute atomic E-state index is 0.219. The molecule has 0 unspecified atom stereocenters. The topological polar surface area (TPSA) is 81.5 Å². The summed E-state index contributed by atoms with van der Waals surface area (Å²) in [4.78, 5) is 14.7. The lowest BCUT2D eigenvalue weighted by molar-refractivity contribution is -0.113. The Bertz CT molecular complexity index is 460. The Labute approximate surface area is 107 Å². The lowest BCUT2D eigenvalue weighted by Gasteiger charge is -2.04. The number of guanidine groups is 1. The number of amides is 1. The molecular weight excluding hydrogens is 226 g/mol. The van der Waals surface area contributed by atoms with Gasteiger partial charge in [0.05, 0.1) is 0 Å². The van der Waals surface area contributed by atoms with Crippen LogP contribution in [0.15, 0.2) is 35.3 Å². The molecule has 0 aliphatic carbocycles. The number of nitrogens with zero attached hydrogens (tertiary/aromatic N) is 1. The summed E-state index contributed by atoms with van der Waals surface area (Å²) in [5.74, 6) is -0.663. The highest BCUT2D eigenvalue weighted by Gasteiger charge is 1.99. The fourth-order valence-electron chi connectivity index (χ4n) is 1.62. The largest absolute Gasteiger partial charge is 0.370 e. The van der Waals surface area contributed by atoms with Gasteiger partial charge in [-0.25, -0.2) is 0 Å². The molecular formula is C14H19N3O. The van der Waals surface area contributed by atoms with Crippen LogP contribution in [0.3, 0.4) is 0 Å². The number of aliphatic imine (C=N–C) groups is 1. The smallest absolute Gasteiger partial charge is 0.272 e. The van der Waals surface area contributed by atoms with Crippen LogP contribution in [0.4, 0.5) is 0 Å². The number of carbonyl (C=O) groups is 1. The second-order valence-corrected chi connectivity index (χ2v) is 4.01. The molecule has 96 valence electrons. The molecule has 0 atom stereocenters. The zero-order chi connectivity index (χ0) is 13.4. The minimum atomic E-state index is -0.444. The van der Waals surface area contributed by atoms with Gasteiger partial charge < -0.3 is 11.5 Å². The maximum atomic E-state index is 11.3. The van der Waals surface area contributed by atoms with E-state index < -0.39 is 5.91 Å². The normalized spacial score (nSPS) is 10.5. The zero-order valence-electron chi connectivity index (χ0n) is 10.6. The molecule has 1 aromatic rings. The quantitative estimate of drug-likeness (QED) is 0.472. The molecule has 0 aliphatic rings. The summed E-state index contributed by atoms with van der Waals surface area (Å²) >= 11 is 0. The van der Waals surface area contributed by atoms with Gasteiger partial charge in [0.15, 0.2) is 5.96 Å². The molecule has 18 heavy (non-hydrogen) atoms. The number of rotatable bonds is 5. The Morgan fingerprint density at radius 3 is 2.72 bits per heavy atom. The highest BCUT2D eigenvalue weighted by Crippen LogP contribution is 2.13. The molecule has 0 bridgehead atoms. The minimum Gasteiger partial charge on any atom is -0.370 e. The van der Waals surface area contributed by atoms with Gasteiger partial charge in [-0.2, -0.15) is 4.99 Å². The Balaban J connectivity index is 2.80. The Morgan fingerprint density at radius 1 is 1.33 bits per heavy atom. The third-order valence-electron chi connectivity index (χ3n) is 2.50. The maximum absolute atomic E-state index is 11.3. The van der Waals surface area contributed by atoms with Crippen molar-refractivity contribution in [2.75, 3.05) is 0 Å². The van der Waals surface area contributed by atoms with E-state index in [1.54, 1.807) is 6.08 Å². The van der Waals surface area contributed by atoms with Crippen LogP contribution in [-0.2, 0) is 11.2 Å². The van der Waals surface area contributed by atoms with Crippen molar-refractivity contribution in [2.45, 2.75) is 26.2 Å². The first-order valence-electron chi connectivity index (χ1n) is 6.03. The summed E-state index contributed by atoms with van der Waals surface area (Å²) in [6, 6.07) is 7.99. The molecule has 0 saturated carbocycles. The first-order valence-corrected chi connectivity index (χ1v) is 6.03. The predicted molar refractivity (Wildman–Crippen MR) is 74.9 cm³/mol. The van der Waals surface area contributed by atoms with Crippen LogP contribution < -0.4 is 11.5 Å². The van der Waals surface area contributed by atoms with Crippen molar-refractivity contribution < 1.29 is 4.79 Å². The van der Waals surface area contributed by atoms with E-state index in [9.17, 15) is 4.79 Å². The van der Waals surface area contributed by atoms with E-state index >= 15 is 0 Å². The number of nitrogens with two attached hydrogens (primary N) is 2. The highest BCUT2D eigenvalue weighted by molar-refractivity contribution is 5.99. The lowest BCUT2D eigenvalue weighted by Crippen LogP contribution is -2.23. The molecule has 0 radical (unpaired) electrons. The first-order chi connectivity index (χ1) is 8.63. The molecule has 0 spiro atoms. The SMILES string of the molecule is CCCCc1ccccc1C=CC(=O)N=C(N)N. The number of aryl methyl sites for hydroxylation is 1. The summed E-state index contributed by atoms with van der Waals surface area (Å²) in [5.41, 5.74) is 12.5. The molecule has 1 amide bonds. The van der Waals surface area contributed by atoms with Gasteiger partial charge in [0.2, 0.25) is 0 Å². The third-order valence-corrected chi connectivity index (χ3v) is 2.50. The summed E-state index contributed by atoms with van der Waals surface area (Å²) < 4.78 is 0. The van der Waals surface area contributed by atoms with Crippen LogP contribution in [0.5, 0.6) is 0 Å². The fraction of sp³-hybridized carbons (Fsp3) is 0.286. The second-order valence-electron chi connectivity index (χ2n) is 4.01. The van der Waals surface area contributed by atoms with Gasteiger partial charge in [-0.3, -0.25) is 4.79 Å². The molecule has 4 nitrogen and oxygen atoms in total. The van der Waals surface area contributed by atoms with Crippen LogP contribution in [0, 0.1) is 0 Å². The predicted octanol–water partition coefficient (Wildman–Crippen LogP) is 1.84. The number of unbranched alkanes of at least 4 members (excludes halogenated alkanes) is 1. The zero-order valence-corrected chi connectivity index (χ0v) is 10.6. The van der Waals surface area contributed by atoms with Crippen molar-refractivity contribution in [2.24, 2.45) is 16.5 Å². The van der Waals surface area contributed by atoms with Crippen LogP contribution in [0.2, 0.25) is 0 Å². The molecule has 0 aromatic heterocycles. The van der Waals surface area contributed by atoms with Gasteiger partial charge >= 0.3 is 0 Å². The van der Waals surface area contributed by atoms with Crippen molar-refractivity contribution in [3.63, 3.8) is 0 Å². The molecule has 0 fully saturated rings. The number of hydrogen-bond donors (Lipinski definition) is 2. The van der Waals surface area contributed by atoms with Crippen molar-refractivity contribution in [1.29, 1.82) is 0 Å². The molecule has 1 rings (SSSR count). The van der Waals surface area contributed by atoms with Gasteiger partial charge in [-0.1, -0.05) is 37.6 Å². The van der Waals surface area contributed by atoms with Gasteiger partial charge in [-0.05, 0) is 30.0 Å². The average molecular weight is 245 g/mol. The first kappa shape index (κ1) is 14.0. The van der Waals surface area contributed by atoms with Crippen LogP contribution in [-0.4, -0.2) is 11.9 Å². The molecule has 1 aromatic carbocycles. The van der Waals surface area contributed by atoms with E-state index in [1.165, 1.54) is 11.6 Å². The Kier molecular flexibility index (Phi) is 5.64. The monoisotopic (exact) mass is 245 g/mol. The number of benzene rings is 1. The summed E-state index contributed by atoms with van der Waals surface area (Å²) in [6.45, 7) is 2.15. The van der Waals surface area contributed by atoms with E-state index in [-0.39, 0.29) is 5.96 Å². The van der Waals surface area contributed by atoms with Gasteiger partial charge in [0, 0.05) is 6.08 Å². The third kappa shape index (κ3) is 4.82. The number of hydrogen-bond acceptors (Lipinski definition) is 1. The Morgan fingerprint density at radius 2 is 2.06 bits per heavy atom. The Hall–Kier alpha value is -2.10. The lowest BCUT2D eigenvalue weighted by atomic mass is 10.0. The molecule has 4 N–H and O–H groups in total. The van der Waals surface area contributed by atoms with E-state index in [0.717, 1.165) is 24.8 Å². The van der Waals surface area contributed by atoms with Gasteiger partial charge in [-0.15, -0.1) is 0 Å². The van der Waals surface area contributed by atoms with Crippen LogP contribution in [0.1, 0.15) is 30.9 Å². The number of carbonyl (C=O) groups excluding carboxylic acids is 1. The van der Waals surface area contributed by atoms with Gasteiger partial charge in [0.1, 0.15) is 0 Å². The highest BCUT2D eigenvalue weighted by atomic mass is 16.1. The van der Waals surface area contributed by atoms with Crippen molar-refractivity contribution >= 4 is 17.9 Å². The van der Waals surface area contributed by atoms with E-state index in [0.29, 0.717) is 0 Å². The molecule has 0 aliphatic heterocycles. The van der Waals surface area contributed by atoms with E-state index in [1.807, 2.05) is 18.2 Å². The van der Waals surface area contributed by atoms with Crippen molar-refractivity contribution in [1.82, 2.24) is 0 Å². The van der Waals surface area contributed by atoms with Crippen LogP contribution >= 0.6 is 0 Å². The summed E-state index contributed by atoms with van der Waals surface area (Å²) in [5, 5.41) is 0. The van der Waals surface area contributed by atoms with E-state index in [4.69, 9.17) is 11.5 Å². The standard InChI is InChI=1S/C14H19N3O/c1-2-3-6-11-7-4-5-8-12(11)9-10-13(18)17-14(15)16/h4-5,7-10H,2-3,6H2,1H3,(H4,15,16,17,18). The maximum Gasteiger partial charge on any atom is 0.272 e. The molecule has 0 heterocycles.